The maximum atomic E-state index is 8.77. The topological polar surface area (TPSA) is 41.3 Å². The van der Waals surface area contributed by atoms with Crippen molar-refractivity contribution in [3.05, 3.63) is 18.2 Å². The van der Waals surface area contributed by atoms with E-state index in [1.807, 2.05) is 19.1 Å². The van der Waals surface area contributed by atoms with Crippen molar-refractivity contribution in [2.45, 2.75) is 6.61 Å². The van der Waals surface area contributed by atoms with Crippen LogP contribution in [-0.2, 0) is 6.61 Å². The summed E-state index contributed by atoms with van der Waals surface area (Å²) in [6.45, 7) is 0.0260. The maximum absolute atomic E-state index is 8.77. The van der Waals surface area contributed by atoms with Crippen LogP contribution in [0.1, 0.15) is 5.69 Å². The van der Waals surface area contributed by atoms with Gasteiger partial charge in [0.1, 0.15) is 6.33 Å². The minimum absolute atomic E-state index is 0.0260. The lowest BCUT2D eigenvalue weighted by Crippen LogP contribution is -2.25. The lowest BCUT2D eigenvalue weighted by Gasteiger charge is -2.15. The summed E-state index contributed by atoms with van der Waals surface area (Å²) in [5.74, 6) is 0. The molecule has 0 saturated heterocycles. The minimum Gasteiger partial charge on any atom is -0.390 e. The Hall–Kier alpha value is -1.03. The molecule has 1 aromatic heterocycles. The molecule has 0 aliphatic carbocycles. The van der Waals surface area contributed by atoms with Crippen LogP contribution in [-0.4, -0.2) is 28.9 Å². The predicted molar refractivity (Wildman–Crippen MR) is 38.2 cm³/mol. The Morgan fingerprint density at radius 2 is 2.40 bits per heavy atom. The molecule has 0 bridgehead atoms. The highest BCUT2D eigenvalue weighted by atomic mass is 16.3. The molecular weight excluding hydrogens is 130 g/mol. The van der Waals surface area contributed by atoms with E-state index in [1.54, 1.807) is 17.2 Å². The highest BCUT2D eigenvalue weighted by molar-refractivity contribution is 4.99. The van der Waals surface area contributed by atoms with Gasteiger partial charge in [-0.15, -0.1) is 0 Å². The van der Waals surface area contributed by atoms with Gasteiger partial charge in [-0.05, 0) is 0 Å². The molecule has 1 N–H and O–H groups in total. The lowest BCUT2D eigenvalue weighted by molar-refractivity contribution is 0.271. The van der Waals surface area contributed by atoms with Crippen LogP contribution in [0.3, 0.4) is 0 Å². The van der Waals surface area contributed by atoms with E-state index in [4.69, 9.17) is 5.11 Å². The number of aliphatic hydroxyl groups excluding tert-OH is 1. The van der Waals surface area contributed by atoms with Crippen molar-refractivity contribution in [2.24, 2.45) is 0 Å². The molecule has 1 heterocycles. The van der Waals surface area contributed by atoms with Crippen LogP contribution in [0.5, 0.6) is 0 Å². The highest BCUT2D eigenvalue weighted by Crippen LogP contribution is 1.96. The zero-order valence-electron chi connectivity index (χ0n) is 6.15. The van der Waals surface area contributed by atoms with Gasteiger partial charge in [0.2, 0.25) is 0 Å². The molecule has 0 fully saturated rings. The summed E-state index contributed by atoms with van der Waals surface area (Å²) in [5.41, 5.74) is 0.796. The molecular formula is C6H11N3O. The van der Waals surface area contributed by atoms with Gasteiger partial charge >= 0.3 is 0 Å². The molecule has 0 aromatic carbocycles. The van der Waals surface area contributed by atoms with E-state index in [-0.39, 0.29) is 6.61 Å². The fourth-order valence-corrected chi connectivity index (χ4v) is 0.789. The molecule has 0 unspecified atom stereocenters. The summed E-state index contributed by atoms with van der Waals surface area (Å²) in [7, 11) is 3.78. The second kappa shape index (κ2) is 2.70. The molecule has 0 radical (unpaired) electrons. The normalized spacial score (nSPS) is 9.90. The largest absolute Gasteiger partial charge is 0.390 e. The van der Waals surface area contributed by atoms with Crippen molar-refractivity contribution >= 4 is 0 Å². The average molecular weight is 141 g/mol. The summed E-state index contributed by atoms with van der Waals surface area (Å²) >= 11 is 0. The van der Waals surface area contributed by atoms with Gasteiger partial charge in [-0.1, -0.05) is 0 Å². The van der Waals surface area contributed by atoms with Crippen molar-refractivity contribution in [3.63, 3.8) is 0 Å². The number of aliphatic hydroxyl groups is 1. The first kappa shape index (κ1) is 7.08. The number of nitrogens with zero attached hydrogens (tertiary/aromatic N) is 3. The van der Waals surface area contributed by atoms with E-state index in [2.05, 4.69) is 4.98 Å². The van der Waals surface area contributed by atoms with Gasteiger partial charge in [-0.25, -0.2) is 9.66 Å². The summed E-state index contributed by atoms with van der Waals surface area (Å²) < 4.78 is 1.78. The second-order valence-electron chi connectivity index (χ2n) is 2.23. The van der Waals surface area contributed by atoms with Crippen LogP contribution in [0.15, 0.2) is 12.5 Å². The Morgan fingerprint density at radius 3 is 2.80 bits per heavy atom. The molecule has 1 aromatic rings. The predicted octanol–water partition coefficient (Wildman–Crippen LogP) is -0.427. The van der Waals surface area contributed by atoms with Gasteiger partial charge in [-0.2, -0.15) is 0 Å². The van der Waals surface area contributed by atoms with E-state index < -0.39 is 0 Å². The first-order valence-electron chi connectivity index (χ1n) is 3.05. The van der Waals surface area contributed by atoms with Crippen LogP contribution in [0, 0.1) is 0 Å². The number of imidazole rings is 1. The van der Waals surface area contributed by atoms with Gasteiger partial charge in [0, 0.05) is 14.1 Å². The van der Waals surface area contributed by atoms with Gasteiger partial charge in [0.15, 0.2) is 0 Å². The maximum Gasteiger partial charge on any atom is 0.114 e. The summed E-state index contributed by atoms with van der Waals surface area (Å²) in [5, 5.41) is 10.6. The molecule has 4 nitrogen and oxygen atoms in total. The van der Waals surface area contributed by atoms with Crippen molar-refractivity contribution in [1.82, 2.24) is 9.66 Å². The third kappa shape index (κ3) is 1.11. The highest BCUT2D eigenvalue weighted by Gasteiger charge is 1.99. The third-order valence-corrected chi connectivity index (χ3v) is 1.29. The Bertz CT molecular complexity index is 207. The average Bonchev–Trinajstić information content (AvgIpc) is 2.33. The SMILES string of the molecule is CN(C)n1cncc1CO. The van der Waals surface area contributed by atoms with E-state index in [1.165, 1.54) is 0 Å². The number of rotatable bonds is 2. The quantitative estimate of drug-likeness (QED) is 0.607. The first-order valence-corrected chi connectivity index (χ1v) is 3.05. The Kier molecular flexibility index (Phi) is 1.91. The van der Waals surface area contributed by atoms with Crippen LogP contribution in [0.2, 0.25) is 0 Å². The minimum atomic E-state index is 0.0260. The molecule has 1 rings (SSSR count). The molecule has 0 aliphatic rings. The zero-order chi connectivity index (χ0) is 7.56. The van der Waals surface area contributed by atoms with Crippen molar-refractivity contribution < 1.29 is 5.11 Å². The molecule has 56 valence electrons. The van der Waals surface area contributed by atoms with Crippen molar-refractivity contribution in [2.75, 3.05) is 19.1 Å². The van der Waals surface area contributed by atoms with Gasteiger partial charge in [0.05, 0.1) is 18.5 Å². The zero-order valence-corrected chi connectivity index (χ0v) is 6.15. The molecule has 4 heteroatoms. The standard InChI is InChI=1S/C6H11N3O/c1-8(2)9-5-7-3-6(9)4-10/h3,5,10H,4H2,1-2H3. The van der Waals surface area contributed by atoms with Crippen molar-refractivity contribution in [1.29, 1.82) is 0 Å². The van der Waals surface area contributed by atoms with Crippen LogP contribution >= 0.6 is 0 Å². The van der Waals surface area contributed by atoms with Crippen LogP contribution < -0.4 is 5.01 Å². The van der Waals surface area contributed by atoms with Crippen molar-refractivity contribution in [3.8, 4) is 0 Å². The molecule has 0 atom stereocenters. The number of aromatic nitrogens is 2. The smallest absolute Gasteiger partial charge is 0.114 e. The summed E-state index contributed by atoms with van der Waals surface area (Å²) in [6.07, 6.45) is 3.30. The van der Waals surface area contributed by atoms with Gasteiger partial charge in [-0.3, -0.25) is 0 Å². The number of hydrogen-bond acceptors (Lipinski definition) is 3. The van der Waals surface area contributed by atoms with E-state index >= 15 is 0 Å². The fraction of sp³-hybridized carbons (Fsp3) is 0.500. The van der Waals surface area contributed by atoms with E-state index in [0.717, 1.165) is 5.69 Å². The van der Waals surface area contributed by atoms with E-state index in [0.29, 0.717) is 0 Å². The van der Waals surface area contributed by atoms with Gasteiger partial charge < -0.3 is 10.1 Å². The Labute approximate surface area is 59.7 Å². The summed E-state index contributed by atoms with van der Waals surface area (Å²) in [6, 6.07) is 0. The Balaban J connectivity index is 2.90. The molecule has 0 saturated carbocycles. The molecule has 10 heavy (non-hydrogen) atoms. The lowest BCUT2D eigenvalue weighted by atomic mass is 10.5. The van der Waals surface area contributed by atoms with Crippen LogP contribution in [0.4, 0.5) is 0 Å². The Morgan fingerprint density at radius 1 is 1.70 bits per heavy atom. The first-order chi connectivity index (χ1) is 4.75. The van der Waals surface area contributed by atoms with Gasteiger partial charge in [0.25, 0.3) is 0 Å². The van der Waals surface area contributed by atoms with E-state index in [9.17, 15) is 0 Å². The van der Waals surface area contributed by atoms with Crippen LogP contribution in [0.25, 0.3) is 0 Å². The number of hydrogen-bond donors (Lipinski definition) is 1. The summed E-state index contributed by atoms with van der Waals surface area (Å²) in [4.78, 5) is 3.88. The third-order valence-electron chi connectivity index (χ3n) is 1.29. The fourth-order valence-electron chi connectivity index (χ4n) is 0.789. The molecule has 0 spiro atoms. The second-order valence-corrected chi connectivity index (χ2v) is 2.23. The monoisotopic (exact) mass is 141 g/mol. The molecule has 0 aliphatic heterocycles. The molecule has 0 amide bonds.